The molecule has 14 rings (SSSR count). The lowest BCUT2D eigenvalue weighted by Gasteiger charge is -2.48. The van der Waals surface area contributed by atoms with Gasteiger partial charge in [0.25, 0.3) is 0 Å². The maximum Gasteiger partial charge on any atom is 0.345 e. The number of hydrogen-bond donors (Lipinski definition) is 0. The van der Waals surface area contributed by atoms with E-state index in [1.807, 2.05) is 65.8 Å². The van der Waals surface area contributed by atoms with Crippen molar-refractivity contribution in [3.05, 3.63) is 196 Å². The molecular formula is C74H65NO6S. The Morgan fingerprint density at radius 2 is 0.988 bits per heavy atom. The Hall–Kier alpha value is -8.46. The van der Waals surface area contributed by atoms with Crippen LogP contribution in [0.1, 0.15) is 93.2 Å². The van der Waals surface area contributed by atoms with Crippen molar-refractivity contribution < 1.29 is 18.3 Å². The predicted molar refractivity (Wildman–Crippen MR) is 342 cm³/mol. The zero-order chi connectivity index (χ0) is 56.8. The summed E-state index contributed by atoms with van der Waals surface area (Å²) in [6.45, 7) is 23.3. The molecule has 7 nitrogen and oxygen atoms in total. The highest BCUT2D eigenvalue weighted by molar-refractivity contribution is 7.19. The van der Waals surface area contributed by atoms with Gasteiger partial charge in [-0.15, -0.1) is 11.3 Å². The Labute approximate surface area is 481 Å². The van der Waals surface area contributed by atoms with Gasteiger partial charge < -0.3 is 23.2 Å². The monoisotopic (exact) mass is 1100 g/mol. The average molecular weight is 1100 g/mol. The molecule has 2 aliphatic heterocycles. The molecule has 5 heterocycles. The molecule has 8 heteroatoms. The number of hydrogen-bond acceptors (Lipinski definition) is 8. The van der Waals surface area contributed by atoms with Crippen LogP contribution in [0.5, 0.6) is 11.5 Å². The molecule has 0 saturated heterocycles. The number of thiophene rings is 1. The maximum absolute atomic E-state index is 14.4. The van der Waals surface area contributed by atoms with E-state index in [2.05, 4.69) is 166 Å². The molecule has 408 valence electrons. The summed E-state index contributed by atoms with van der Waals surface area (Å²) in [5.41, 5.74) is 10.3. The van der Waals surface area contributed by atoms with Gasteiger partial charge in [-0.05, 0) is 178 Å². The number of nitrogens with zero attached hydrogens (tertiary/aromatic N) is 1. The standard InChI is InChI=1S/C74H65NO6S/c1-71(2,3)80-45-39-58-55(59(40-45)81-72(4,5)6)41-54(69(76)78-58)42-20-19-21-43(36-42)62-46-22-11-15-26-50(46)64(51-27-16-12-23-47(51)62)65-52-28-17-13-24-48(52)63(49-25-14-18-29-53(49)65)61-31-30-60(82-61)56-37-44-38-57-67-66(68(44)79-70(56)77)74(9,10)33-35-75(67)34-32-73(57,7)8/h11-31,36-41H,32-35H2,1-10H3. The lowest BCUT2D eigenvalue weighted by atomic mass is 9.69. The fourth-order valence-corrected chi connectivity index (χ4v) is 14.4. The molecule has 0 bridgehead atoms. The molecule has 0 radical (unpaired) electrons. The molecule has 0 N–H and O–H groups in total. The summed E-state index contributed by atoms with van der Waals surface area (Å²) in [6.07, 6.45) is 2.09. The second kappa shape index (κ2) is 18.5. The summed E-state index contributed by atoms with van der Waals surface area (Å²) in [4.78, 5) is 33.1. The summed E-state index contributed by atoms with van der Waals surface area (Å²) in [7, 11) is 0. The lowest BCUT2D eigenvalue weighted by Crippen LogP contribution is -2.44. The Balaban J connectivity index is 0.924. The van der Waals surface area contributed by atoms with Gasteiger partial charge in [-0.1, -0.05) is 143 Å². The van der Waals surface area contributed by atoms with Crippen molar-refractivity contribution in [2.75, 3.05) is 18.0 Å². The smallest absolute Gasteiger partial charge is 0.345 e. The molecule has 0 spiro atoms. The number of anilines is 1. The molecule has 2 aliphatic rings. The van der Waals surface area contributed by atoms with Gasteiger partial charge >= 0.3 is 11.3 Å². The van der Waals surface area contributed by atoms with Gasteiger partial charge in [0.1, 0.15) is 33.9 Å². The molecule has 0 amide bonds. The second-order valence-corrected chi connectivity index (χ2v) is 27.0. The van der Waals surface area contributed by atoms with Crippen molar-refractivity contribution in [2.24, 2.45) is 0 Å². The van der Waals surface area contributed by atoms with E-state index >= 15 is 0 Å². The summed E-state index contributed by atoms with van der Waals surface area (Å²) < 4.78 is 25.5. The van der Waals surface area contributed by atoms with E-state index in [4.69, 9.17) is 18.3 Å². The minimum Gasteiger partial charge on any atom is -0.488 e. The Morgan fingerprint density at radius 1 is 0.476 bits per heavy atom. The summed E-state index contributed by atoms with van der Waals surface area (Å²) in [6, 6.07) is 57.5. The molecular weight excluding hydrogens is 1030 g/mol. The largest absolute Gasteiger partial charge is 0.488 e. The van der Waals surface area contributed by atoms with Crippen LogP contribution in [-0.2, 0) is 10.8 Å². The quantitative estimate of drug-likeness (QED) is 0.116. The minimum absolute atomic E-state index is 0.00223. The molecule has 9 aromatic carbocycles. The number of rotatable bonds is 7. The third-order valence-electron chi connectivity index (χ3n) is 17.1. The van der Waals surface area contributed by atoms with E-state index in [-0.39, 0.29) is 16.5 Å². The minimum atomic E-state index is -0.526. The SMILES string of the molecule is CC(C)(C)Oc1cc(OC(C)(C)C)c2cc(-c3cccc(-c4c5ccccc5c(-c5c6ccccc6c(-c6ccc(-c7cc8cc9c%10c(c8oc7=O)C(C)(C)CCN%10CCC9(C)C)s6)c6ccccc56)c5ccccc45)c3)c(=O)oc2c1. The second-order valence-electron chi connectivity index (χ2n) is 25.9. The molecule has 0 atom stereocenters. The van der Waals surface area contributed by atoms with Gasteiger partial charge in [0.15, 0.2) is 0 Å². The Kier molecular flexibility index (Phi) is 11.7. The van der Waals surface area contributed by atoms with E-state index in [0.717, 1.165) is 123 Å². The van der Waals surface area contributed by atoms with E-state index in [1.165, 1.54) is 16.8 Å². The first-order valence-electron chi connectivity index (χ1n) is 28.7. The topological polar surface area (TPSA) is 82.1 Å². The number of ether oxygens (including phenoxy) is 2. The van der Waals surface area contributed by atoms with Gasteiger partial charge in [0.2, 0.25) is 0 Å². The van der Waals surface area contributed by atoms with Crippen molar-refractivity contribution in [2.45, 2.75) is 104 Å². The van der Waals surface area contributed by atoms with Crippen molar-refractivity contribution >= 4 is 82.1 Å². The van der Waals surface area contributed by atoms with Crippen LogP contribution in [0, 0.1) is 0 Å². The van der Waals surface area contributed by atoms with E-state index in [0.29, 0.717) is 33.6 Å². The highest BCUT2D eigenvalue weighted by Gasteiger charge is 2.42. The summed E-state index contributed by atoms with van der Waals surface area (Å²) >= 11 is 1.65. The molecule has 3 aromatic heterocycles. The highest BCUT2D eigenvalue weighted by Crippen LogP contribution is 2.54. The average Bonchev–Trinajstić information content (AvgIpc) is 4.14. The molecule has 82 heavy (non-hydrogen) atoms. The number of benzene rings is 9. The fourth-order valence-electron chi connectivity index (χ4n) is 13.3. The van der Waals surface area contributed by atoms with Crippen LogP contribution in [0.25, 0.3) is 119 Å². The van der Waals surface area contributed by atoms with Gasteiger partial charge in [-0.25, -0.2) is 9.59 Å². The first-order chi connectivity index (χ1) is 39.2. The van der Waals surface area contributed by atoms with Gasteiger partial charge in [0.05, 0.1) is 16.5 Å². The molecule has 0 unspecified atom stereocenters. The maximum atomic E-state index is 14.4. The normalized spacial score (nSPS) is 15.0. The number of fused-ring (bicyclic) bond motifs is 7. The van der Waals surface area contributed by atoms with Crippen LogP contribution in [0.3, 0.4) is 0 Å². The van der Waals surface area contributed by atoms with E-state index < -0.39 is 16.8 Å². The van der Waals surface area contributed by atoms with Crippen LogP contribution < -0.4 is 25.6 Å². The fraction of sp³-hybridized carbons (Fsp3) is 0.243. The van der Waals surface area contributed by atoms with Crippen molar-refractivity contribution in [3.63, 3.8) is 0 Å². The van der Waals surface area contributed by atoms with Crippen LogP contribution in [0.2, 0.25) is 0 Å². The van der Waals surface area contributed by atoms with Gasteiger partial charge in [-0.2, -0.15) is 0 Å². The Bertz CT molecular complexity index is 4670. The zero-order valence-electron chi connectivity index (χ0n) is 48.2. The first kappa shape index (κ1) is 51.7. The van der Waals surface area contributed by atoms with Crippen LogP contribution in [-0.4, -0.2) is 24.3 Å². The third-order valence-corrected chi connectivity index (χ3v) is 18.2. The first-order valence-corrected chi connectivity index (χ1v) is 29.5. The third kappa shape index (κ3) is 8.51. The van der Waals surface area contributed by atoms with E-state index in [9.17, 15) is 9.59 Å². The van der Waals surface area contributed by atoms with Crippen LogP contribution in [0.15, 0.2) is 182 Å². The summed E-state index contributed by atoms with van der Waals surface area (Å²) in [5.74, 6) is 1.14. The molecule has 0 fully saturated rings. The van der Waals surface area contributed by atoms with Gasteiger partial charge in [-0.3, -0.25) is 0 Å². The van der Waals surface area contributed by atoms with Crippen molar-refractivity contribution in [1.29, 1.82) is 0 Å². The summed E-state index contributed by atoms with van der Waals surface area (Å²) in [5, 5.41) is 10.6. The lowest BCUT2D eigenvalue weighted by molar-refractivity contribution is 0.122. The molecule has 0 aliphatic carbocycles. The zero-order valence-corrected chi connectivity index (χ0v) is 49.0. The molecule has 12 aromatic rings. The molecule has 0 saturated carbocycles. The predicted octanol–water partition coefficient (Wildman–Crippen LogP) is 19.4. The van der Waals surface area contributed by atoms with E-state index in [1.54, 1.807) is 17.4 Å². The highest BCUT2D eigenvalue weighted by atomic mass is 32.1. The van der Waals surface area contributed by atoms with Crippen LogP contribution in [0.4, 0.5) is 5.69 Å². The van der Waals surface area contributed by atoms with Crippen molar-refractivity contribution in [1.82, 2.24) is 0 Å². The van der Waals surface area contributed by atoms with Crippen molar-refractivity contribution in [3.8, 4) is 65.8 Å². The Morgan fingerprint density at radius 3 is 1.56 bits per heavy atom. The van der Waals surface area contributed by atoms with Crippen LogP contribution >= 0.6 is 11.3 Å². The van der Waals surface area contributed by atoms with Gasteiger partial charge in [0, 0.05) is 57.2 Å².